The van der Waals surface area contributed by atoms with Gasteiger partial charge in [0.05, 0.1) is 0 Å². The Morgan fingerprint density at radius 1 is 1.29 bits per heavy atom. The molecule has 1 aliphatic rings. The molecule has 1 aliphatic heterocycles. The Morgan fingerprint density at radius 3 is 2.59 bits per heavy atom. The van der Waals surface area contributed by atoms with Gasteiger partial charge in [0.1, 0.15) is 0 Å². The van der Waals surface area contributed by atoms with Crippen LogP contribution in [0.5, 0.6) is 0 Å². The van der Waals surface area contributed by atoms with E-state index in [9.17, 15) is 0 Å². The van der Waals surface area contributed by atoms with Gasteiger partial charge in [0.15, 0.2) is 5.11 Å². The Kier molecular flexibility index (Phi) is 7.48. The van der Waals surface area contributed by atoms with Gasteiger partial charge in [0.2, 0.25) is 0 Å². The molecule has 1 rings (SSSR count). The van der Waals surface area contributed by atoms with Crippen molar-refractivity contribution < 1.29 is 4.74 Å². The summed E-state index contributed by atoms with van der Waals surface area (Å²) in [6, 6.07) is 0. The van der Waals surface area contributed by atoms with E-state index < -0.39 is 0 Å². The van der Waals surface area contributed by atoms with Crippen LogP contribution < -0.4 is 5.32 Å². The van der Waals surface area contributed by atoms with Crippen LogP contribution in [0, 0.1) is 0 Å². The largest absolute Gasteiger partial charge is 0.385 e. The molecule has 0 spiro atoms. The predicted octanol–water partition coefficient (Wildman–Crippen LogP) is 0.925. The third-order valence-corrected chi connectivity index (χ3v) is 3.40. The van der Waals surface area contributed by atoms with Crippen molar-refractivity contribution in [3.8, 4) is 0 Å². The monoisotopic (exact) mass is 259 g/mol. The second-order valence-electron chi connectivity index (χ2n) is 4.41. The van der Waals surface area contributed by atoms with E-state index in [1.165, 1.54) is 13.0 Å². The van der Waals surface area contributed by atoms with Gasteiger partial charge in [0.25, 0.3) is 0 Å². The Labute approximate surface area is 110 Å². The number of nitrogens with one attached hydrogen (secondary N) is 1. The number of piperazine rings is 1. The van der Waals surface area contributed by atoms with Gasteiger partial charge in [-0.15, -0.1) is 0 Å². The van der Waals surface area contributed by atoms with E-state index in [-0.39, 0.29) is 0 Å². The van der Waals surface area contributed by atoms with E-state index in [1.54, 1.807) is 7.11 Å². The van der Waals surface area contributed by atoms with Crippen molar-refractivity contribution in [3.05, 3.63) is 0 Å². The van der Waals surface area contributed by atoms with Crippen molar-refractivity contribution >= 4 is 17.3 Å². The summed E-state index contributed by atoms with van der Waals surface area (Å²) >= 11 is 5.38. The molecule has 1 saturated heterocycles. The Morgan fingerprint density at radius 2 is 2.00 bits per heavy atom. The summed E-state index contributed by atoms with van der Waals surface area (Å²) in [5, 5.41) is 4.19. The standard InChI is InChI=1S/C12H25N3OS/c1-3-6-14-7-9-15(10-8-14)12(17)13-5-4-11-16-2/h3-11H2,1-2H3,(H,13,17). The Balaban J connectivity index is 2.12. The first-order chi connectivity index (χ1) is 8.27. The number of hydrogen-bond acceptors (Lipinski definition) is 3. The minimum Gasteiger partial charge on any atom is -0.385 e. The van der Waals surface area contributed by atoms with Crippen molar-refractivity contribution in [2.45, 2.75) is 19.8 Å². The summed E-state index contributed by atoms with van der Waals surface area (Å²) in [7, 11) is 1.73. The number of rotatable bonds is 6. The fourth-order valence-corrected chi connectivity index (χ4v) is 2.30. The lowest BCUT2D eigenvalue weighted by atomic mass is 10.3. The Hall–Kier alpha value is -0.390. The predicted molar refractivity (Wildman–Crippen MR) is 75.4 cm³/mol. The highest BCUT2D eigenvalue weighted by Gasteiger charge is 2.17. The molecule has 100 valence electrons. The normalized spacial score (nSPS) is 17.2. The maximum Gasteiger partial charge on any atom is 0.169 e. The average Bonchev–Trinajstić information content (AvgIpc) is 2.36. The van der Waals surface area contributed by atoms with Crippen LogP contribution in [0.25, 0.3) is 0 Å². The van der Waals surface area contributed by atoms with Crippen LogP contribution in [0.1, 0.15) is 19.8 Å². The van der Waals surface area contributed by atoms with E-state index in [0.29, 0.717) is 0 Å². The lowest BCUT2D eigenvalue weighted by Gasteiger charge is -2.36. The number of hydrogen-bond donors (Lipinski definition) is 1. The highest BCUT2D eigenvalue weighted by atomic mass is 32.1. The average molecular weight is 259 g/mol. The topological polar surface area (TPSA) is 27.7 Å². The molecule has 0 saturated carbocycles. The van der Waals surface area contributed by atoms with E-state index in [2.05, 4.69) is 22.0 Å². The van der Waals surface area contributed by atoms with Crippen LogP contribution in [-0.2, 0) is 4.74 Å². The molecule has 0 atom stereocenters. The van der Waals surface area contributed by atoms with E-state index >= 15 is 0 Å². The minimum absolute atomic E-state index is 0.792. The highest BCUT2D eigenvalue weighted by Crippen LogP contribution is 2.02. The van der Waals surface area contributed by atoms with Crippen LogP contribution in [0.2, 0.25) is 0 Å². The van der Waals surface area contributed by atoms with Crippen molar-refractivity contribution in [3.63, 3.8) is 0 Å². The molecule has 0 aromatic rings. The van der Waals surface area contributed by atoms with Crippen molar-refractivity contribution in [2.75, 3.05) is 53.0 Å². The molecule has 4 nitrogen and oxygen atoms in total. The molecule has 17 heavy (non-hydrogen) atoms. The van der Waals surface area contributed by atoms with Crippen LogP contribution in [-0.4, -0.2) is 67.9 Å². The summed E-state index contributed by atoms with van der Waals surface area (Å²) in [5.74, 6) is 0. The molecule has 1 N–H and O–H groups in total. The van der Waals surface area contributed by atoms with Gasteiger partial charge in [-0.2, -0.15) is 0 Å². The zero-order chi connectivity index (χ0) is 12.5. The summed E-state index contributed by atoms with van der Waals surface area (Å²) in [4.78, 5) is 4.78. The maximum atomic E-state index is 5.38. The number of thiocarbonyl (C=S) groups is 1. The highest BCUT2D eigenvalue weighted by molar-refractivity contribution is 7.80. The summed E-state index contributed by atoms with van der Waals surface area (Å²) in [6.45, 7) is 9.51. The van der Waals surface area contributed by atoms with E-state index in [0.717, 1.165) is 50.9 Å². The molecule has 0 amide bonds. The molecule has 5 heteroatoms. The molecule has 1 heterocycles. The van der Waals surface area contributed by atoms with Crippen LogP contribution in [0.3, 0.4) is 0 Å². The second kappa shape index (κ2) is 8.66. The smallest absolute Gasteiger partial charge is 0.169 e. The lowest BCUT2D eigenvalue weighted by molar-refractivity contribution is 0.180. The molecule has 0 bridgehead atoms. The maximum absolute atomic E-state index is 5.38. The first-order valence-electron chi connectivity index (χ1n) is 6.52. The van der Waals surface area contributed by atoms with Crippen LogP contribution in [0.15, 0.2) is 0 Å². The van der Waals surface area contributed by atoms with Gasteiger partial charge >= 0.3 is 0 Å². The molecule has 0 aromatic carbocycles. The summed E-state index contributed by atoms with van der Waals surface area (Å²) < 4.78 is 5.01. The van der Waals surface area contributed by atoms with Crippen molar-refractivity contribution in [2.24, 2.45) is 0 Å². The van der Waals surface area contributed by atoms with Gasteiger partial charge in [0, 0.05) is 46.4 Å². The number of nitrogens with zero attached hydrogens (tertiary/aromatic N) is 2. The molecule has 0 aromatic heterocycles. The van der Waals surface area contributed by atoms with Crippen LogP contribution >= 0.6 is 12.2 Å². The molecular weight excluding hydrogens is 234 g/mol. The lowest BCUT2D eigenvalue weighted by Crippen LogP contribution is -2.51. The zero-order valence-electron chi connectivity index (χ0n) is 11.1. The molecule has 0 radical (unpaired) electrons. The first-order valence-corrected chi connectivity index (χ1v) is 6.92. The number of methoxy groups -OCH3 is 1. The van der Waals surface area contributed by atoms with Gasteiger partial charge in [-0.1, -0.05) is 6.92 Å². The zero-order valence-corrected chi connectivity index (χ0v) is 11.9. The molecular formula is C12H25N3OS. The molecule has 0 aliphatic carbocycles. The van der Waals surface area contributed by atoms with Gasteiger partial charge < -0.3 is 15.0 Å². The fourth-order valence-electron chi connectivity index (χ4n) is 2.01. The summed E-state index contributed by atoms with van der Waals surface area (Å²) in [6.07, 6.45) is 2.24. The summed E-state index contributed by atoms with van der Waals surface area (Å²) in [5.41, 5.74) is 0. The minimum atomic E-state index is 0.792. The fraction of sp³-hybridized carbons (Fsp3) is 0.917. The third kappa shape index (κ3) is 5.66. The SMILES string of the molecule is CCCN1CCN(C(=S)NCCCOC)CC1. The molecule has 1 fully saturated rings. The van der Waals surface area contributed by atoms with Crippen LogP contribution in [0.4, 0.5) is 0 Å². The van der Waals surface area contributed by atoms with E-state index in [4.69, 9.17) is 17.0 Å². The van der Waals surface area contributed by atoms with Crippen molar-refractivity contribution in [1.29, 1.82) is 0 Å². The Bertz CT molecular complexity index is 218. The van der Waals surface area contributed by atoms with Gasteiger partial charge in [-0.05, 0) is 31.6 Å². The second-order valence-corrected chi connectivity index (χ2v) is 4.79. The quantitative estimate of drug-likeness (QED) is 0.566. The molecule has 0 unspecified atom stereocenters. The van der Waals surface area contributed by atoms with Gasteiger partial charge in [-0.3, -0.25) is 4.90 Å². The number of ether oxygens (including phenoxy) is 1. The van der Waals surface area contributed by atoms with Gasteiger partial charge in [-0.25, -0.2) is 0 Å². The van der Waals surface area contributed by atoms with Crippen molar-refractivity contribution in [1.82, 2.24) is 15.1 Å². The first kappa shape index (κ1) is 14.7. The van der Waals surface area contributed by atoms with E-state index in [1.807, 2.05) is 0 Å². The third-order valence-electron chi connectivity index (χ3n) is 3.00.